The van der Waals surface area contributed by atoms with E-state index in [0.717, 1.165) is 0 Å². The number of hydrogen-bond acceptors (Lipinski definition) is 4. The highest BCUT2D eigenvalue weighted by Crippen LogP contribution is 2.19. The Hall–Kier alpha value is -0.600. The van der Waals surface area contributed by atoms with Crippen molar-refractivity contribution in [1.29, 1.82) is 0 Å². The van der Waals surface area contributed by atoms with Crippen molar-refractivity contribution >= 4 is 0 Å². The van der Waals surface area contributed by atoms with Gasteiger partial charge in [-0.2, -0.15) is 0 Å². The van der Waals surface area contributed by atoms with E-state index in [2.05, 4.69) is 5.92 Å². The van der Waals surface area contributed by atoms with E-state index in [1.165, 1.54) is 0 Å². The number of aliphatic hydroxyl groups excluding tert-OH is 3. The van der Waals surface area contributed by atoms with Crippen molar-refractivity contribution in [3.63, 3.8) is 0 Å². The molecule has 0 unspecified atom stereocenters. The molecule has 1 fully saturated rings. The monoisotopic (exact) mass is 158 g/mol. The largest absolute Gasteiger partial charge is 0.394 e. The van der Waals surface area contributed by atoms with E-state index in [-0.39, 0.29) is 6.61 Å². The van der Waals surface area contributed by atoms with Crippen LogP contribution in [-0.4, -0.2) is 46.3 Å². The maximum Gasteiger partial charge on any atom is 0.146 e. The standard InChI is InChI=1S/C7H10O4/c1-2-4-6(9)7(10)5(3-8)11-4/h1,4-10H,3H2/t4-,5+,6-,7+/m0/s1. The molecular formula is C7H10O4. The van der Waals surface area contributed by atoms with E-state index in [1.807, 2.05) is 0 Å². The minimum absolute atomic E-state index is 0.337. The van der Waals surface area contributed by atoms with Gasteiger partial charge in [0.25, 0.3) is 0 Å². The average Bonchev–Trinajstić information content (AvgIpc) is 2.30. The van der Waals surface area contributed by atoms with E-state index < -0.39 is 24.4 Å². The SMILES string of the molecule is C#C[C@@H]1O[C@H](CO)[C@@H](O)[C@H]1O. The molecule has 1 rings (SSSR count). The van der Waals surface area contributed by atoms with Gasteiger partial charge in [0.1, 0.15) is 24.4 Å². The molecule has 0 aromatic heterocycles. The highest BCUT2D eigenvalue weighted by Gasteiger charge is 2.41. The van der Waals surface area contributed by atoms with Gasteiger partial charge in [0.2, 0.25) is 0 Å². The van der Waals surface area contributed by atoms with Crippen LogP contribution in [0.5, 0.6) is 0 Å². The summed E-state index contributed by atoms with van der Waals surface area (Å²) in [7, 11) is 0. The summed E-state index contributed by atoms with van der Waals surface area (Å²) in [5, 5.41) is 26.9. The summed E-state index contributed by atoms with van der Waals surface area (Å²) in [6.07, 6.45) is 1.25. The second-order valence-electron chi connectivity index (χ2n) is 2.43. The number of ether oxygens (including phenoxy) is 1. The Balaban J connectivity index is 2.62. The Morgan fingerprint density at radius 2 is 2.00 bits per heavy atom. The van der Waals surface area contributed by atoms with Crippen LogP contribution in [0, 0.1) is 12.3 Å². The number of terminal acetylenes is 1. The van der Waals surface area contributed by atoms with Crippen LogP contribution in [0.2, 0.25) is 0 Å². The normalized spacial score (nSPS) is 43.8. The lowest BCUT2D eigenvalue weighted by Gasteiger charge is -2.09. The van der Waals surface area contributed by atoms with Crippen molar-refractivity contribution in [2.75, 3.05) is 6.61 Å². The maximum absolute atomic E-state index is 9.13. The molecule has 0 radical (unpaired) electrons. The Kier molecular flexibility index (Phi) is 2.47. The lowest BCUT2D eigenvalue weighted by atomic mass is 10.1. The molecule has 0 saturated carbocycles. The molecule has 1 aliphatic rings. The predicted molar refractivity (Wildman–Crippen MR) is 36.6 cm³/mol. The van der Waals surface area contributed by atoms with E-state index in [1.54, 1.807) is 0 Å². The topological polar surface area (TPSA) is 69.9 Å². The first-order valence-corrected chi connectivity index (χ1v) is 3.29. The van der Waals surface area contributed by atoms with Gasteiger partial charge in [-0.1, -0.05) is 5.92 Å². The van der Waals surface area contributed by atoms with Gasteiger partial charge in [-0.25, -0.2) is 0 Å². The van der Waals surface area contributed by atoms with Gasteiger partial charge in [-0.15, -0.1) is 6.42 Å². The Bertz CT molecular complexity index is 174. The lowest BCUT2D eigenvalue weighted by Crippen LogP contribution is -2.33. The van der Waals surface area contributed by atoms with Gasteiger partial charge in [-0.05, 0) is 0 Å². The molecule has 1 aliphatic heterocycles. The maximum atomic E-state index is 9.13. The molecule has 1 saturated heterocycles. The van der Waals surface area contributed by atoms with Crippen LogP contribution >= 0.6 is 0 Å². The van der Waals surface area contributed by atoms with Crippen LogP contribution < -0.4 is 0 Å². The van der Waals surface area contributed by atoms with Crippen LogP contribution in [0.1, 0.15) is 0 Å². The molecule has 0 amide bonds. The van der Waals surface area contributed by atoms with Gasteiger partial charge in [0.15, 0.2) is 0 Å². The summed E-state index contributed by atoms with van der Waals surface area (Å²) in [6.45, 7) is -0.337. The van der Waals surface area contributed by atoms with Gasteiger partial charge < -0.3 is 20.1 Å². The quantitative estimate of drug-likeness (QED) is 0.390. The third kappa shape index (κ3) is 1.37. The van der Waals surface area contributed by atoms with E-state index in [9.17, 15) is 0 Å². The first kappa shape index (κ1) is 8.50. The molecule has 4 heteroatoms. The lowest BCUT2D eigenvalue weighted by molar-refractivity contribution is -0.0110. The average molecular weight is 158 g/mol. The van der Waals surface area contributed by atoms with Crippen LogP contribution in [-0.2, 0) is 4.74 Å². The zero-order chi connectivity index (χ0) is 8.43. The Labute approximate surface area is 64.4 Å². The van der Waals surface area contributed by atoms with Gasteiger partial charge in [0.05, 0.1) is 6.61 Å². The number of rotatable bonds is 1. The molecule has 4 atom stereocenters. The summed E-state index contributed by atoms with van der Waals surface area (Å²) in [5.41, 5.74) is 0. The predicted octanol–water partition coefficient (Wildman–Crippen LogP) is -1.90. The van der Waals surface area contributed by atoms with Crippen molar-refractivity contribution in [2.24, 2.45) is 0 Å². The summed E-state index contributed by atoms with van der Waals surface area (Å²) in [6, 6.07) is 0. The minimum atomic E-state index is -1.09. The highest BCUT2D eigenvalue weighted by molar-refractivity contribution is 5.06. The molecule has 3 N–H and O–H groups in total. The fraction of sp³-hybridized carbons (Fsp3) is 0.714. The summed E-state index contributed by atoms with van der Waals surface area (Å²) in [4.78, 5) is 0. The molecular weight excluding hydrogens is 148 g/mol. The van der Waals surface area contributed by atoms with Crippen LogP contribution in [0.15, 0.2) is 0 Å². The Morgan fingerprint density at radius 1 is 1.36 bits per heavy atom. The molecule has 1 heterocycles. The summed E-state index contributed by atoms with van der Waals surface area (Å²) in [5.74, 6) is 2.17. The molecule has 0 spiro atoms. The molecule has 4 nitrogen and oxygen atoms in total. The Morgan fingerprint density at radius 3 is 2.27 bits per heavy atom. The van der Waals surface area contributed by atoms with Crippen molar-refractivity contribution in [1.82, 2.24) is 0 Å². The highest BCUT2D eigenvalue weighted by atomic mass is 16.6. The zero-order valence-electron chi connectivity index (χ0n) is 5.84. The number of aliphatic hydroxyl groups is 3. The second kappa shape index (κ2) is 3.20. The van der Waals surface area contributed by atoms with E-state index >= 15 is 0 Å². The van der Waals surface area contributed by atoms with Crippen LogP contribution in [0.4, 0.5) is 0 Å². The summed E-state index contributed by atoms with van der Waals surface area (Å²) >= 11 is 0. The second-order valence-corrected chi connectivity index (χ2v) is 2.43. The van der Waals surface area contributed by atoms with Crippen LogP contribution in [0.3, 0.4) is 0 Å². The smallest absolute Gasteiger partial charge is 0.146 e. The summed E-state index contributed by atoms with van der Waals surface area (Å²) < 4.78 is 4.90. The zero-order valence-corrected chi connectivity index (χ0v) is 5.84. The van der Waals surface area contributed by atoms with Crippen molar-refractivity contribution < 1.29 is 20.1 Å². The van der Waals surface area contributed by atoms with Crippen molar-refractivity contribution in [3.05, 3.63) is 0 Å². The fourth-order valence-electron chi connectivity index (χ4n) is 1.04. The van der Waals surface area contributed by atoms with E-state index in [0.29, 0.717) is 0 Å². The molecule has 0 aromatic carbocycles. The van der Waals surface area contributed by atoms with Gasteiger partial charge >= 0.3 is 0 Å². The molecule has 62 valence electrons. The van der Waals surface area contributed by atoms with Gasteiger partial charge in [0, 0.05) is 0 Å². The molecule has 11 heavy (non-hydrogen) atoms. The van der Waals surface area contributed by atoms with Crippen molar-refractivity contribution in [3.8, 4) is 12.3 Å². The van der Waals surface area contributed by atoms with Crippen molar-refractivity contribution in [2.45, 2.75) is 24.4 Å². The fourth-order valence-corrected chi connectivity index (χ4v) is 1.04. The first-order valence-electron chi connectivity index (χ1n) is 3.29. The minimum Gasteiger partial charge on any atom is -0.394 e. The van der Waals surface area contributed by atoms with Crippen LogP contribution in [0.25, 0.3) is 0 Å². The third-order valence-electron chi connectivity index (χ3n) is 1.71. The third-order valence-corrected chi connectivity index (χ3v) is 1.71. The first-order chi connectivity index (χ1) is 5.20. The molecule has 0 bridgehead atoms. The molecule has 0 aliphatic carbocycles. The van der Waals surface area contributed by atoms with E-state index in [4.69, 9.17) is 26.5 Å². The van der Waals surface area contributed by atoms with Gasteiger partial charge in [-0.3, -0.25) is 0 Å². The molecule has 0 aromatic rings. The number of hydrogen-bond donors (Lipinski definition) is 3.